The molecule has 1 saturated carbocycles. The van der Waals surface area contributed by atoms with Crippen molar-refractivity contribution in [3.05, 3.63) is 0 Å². The highest BCUT2D eigenvalue weighted by atomic mass is 16.2. The molecular formula is C16H24N4O4. The first-order chi connectivity index (χ1) is 11.4. The lowest BCUT2D eigenvalue weighted by Gasteiger charge is -2.41. The quantitative estimate of drug-likeness (QED) is 0.580. The zero-order valence-electron chi connectivity index (χ0n) is 13.7. The van der Waals surface area contributed by atoms with Crippen molar-refractivity contribution in [1.82, 2.24) is 15.5 Å². The van der Waals surface area contributed by atoms with Crippen molar-refractivity contribution in [1.29, 1.82) is 0 Å². The molecule has 8 heteroatoms. The number of β-lactam (4-membered cyclic amide) rings is 1. The molecule has 0 aromatic carbocycles. The Morgan fingerprint density at radius 2 is 1.83 bits per heavy atom. The molecule has 132 valence electrons. The lowest BCUT2D eigenvalue weighted by Crippen LogP contribution is -2.66. The van der Waals surface area contributed by atoms with Crippen LogP contribution in [0.5, 0.6) is 0 Å². The molecule has 0 unspecified atom stereocenters. The van der Waals surface area contributed by atoms with Crippen molar-refractivity contribution in [2.75, 3.05) is 6.54 Å². The van der Waals surface area contributed by atoms with E-state index in [0.717, 1.165) is 25.7 Å². The van der Waals surface area contributed by atoms with Gasteiger partial charge in [-0.3, -0.25) is 19.2 Å². The summed E-state index contributed by atoms with van der Waals surface area (Å²) in [5, 5.41) is 5.43. The molecule has 3 fully saturated rings. The van der Waals surface area contributed by atoms with E-state index in [4.69, 9.17) is 5.73 Å². The van der Waals surface area contributed by atoms with E-state index in [9.17, 15) is 19.2 Å². The number of carbonyl (C=O) groups is 4. The third-order valence-corrected chi connectivity index (χ3v) is 5.36. The Morgan fingerprint density at radius 1 is 1.17 bits per heavy atom. The van der Waals surface area contributed by atoms with Gasteiger partial charge in [0.15, 0.2) is 0 Å². The fraction of sp³-hybridized carbons (Fsp3) is 0.750. The number of amides is 4. The number of carbonyl (C=O) groups excluding carboxylic acids is 4. The van der Waals surface area contributed by atoms with E-state index in [0.29, 0.717) is 25.8 Å². The number of primary amides is 1. The fourth-order valence-corrected chi connectivity index (χ4v) is 3.97. The summed E-state index contributed by atoms with van der Waals surface area (Å²) in [4.78, 5) is 49.8. The minimum absolute atomic E-state index is 0.156. The van der Waals surface area contributed by atoms with Crippen molar-refractivity contribution in [3.63, 3.8) is 0 Å². The third kappa shape index (κ3) is 2.97. The average molecular weight is 336 g/mol. The second kappa shape index (κ2) is 6.41. The van der Waals surface area contributed by atoms with E-state index in [1.807, 2.05) is 0 Å². The number of nitrogens with two attached hydrogens (primary N) is 1. The van der Waals surface area contributed by atoms with Crippen LogP contribution in [0.25, 0.3) is 0 Å². The van der Waals surface area contributed by atoms with Gasteiger partial charge in [-0.25, -0.2) is 0 Å². The predicted octanol–water partition coefficient (Wildman–Crippen LogP) is -0.830. The lowest BCUT2D eigenvalue weighted by molar-refractivity contribution is -0.148. The predicted molar refractivity (Wildman–Crippen MR) is 84.4 cm³/mol. The SMILES string of the molecule is NC(=O)[C@@H]1CCCN1C(=O)C1(NC(=O)[C@@H]2CC(=O)N2)CCCCC1. The van der Waals surface area contributed by atoms with Gasteiger partial charge in [0.05, 0.1) is 6.42 Å². The van der Waals surface area contributed by atoms with Crippen LogP contribution in [0.4, 0.5) is 0 Å². The summed E-state index contributed by atoms with van der Waals surface area (Å²) in [6, 6.07) is -1.15. The summed E-state index contributed by atoms with van der Waals surface area (Å²) in [5.41, 5.74) is 4.45. The third-order valence-electron chi connectivity index (χ3n) is 5.36. The Hall–Kier alpha value is -2.12. The minimum atomic E-state index is -0.978. The first-order valence-corrected chi connectivity index (χ1v) is 8.65. The molecular weight excluding hydrogens is 312 g/mol. The smallest absolute Gasteiger partial charge is 0.249 e. The molecule has 0 bridgehead atoms. The molecule has 24 heavy (non-hydrogen) atoms. The molecule has 3 rings (SSSR count). The first-order valence-electron chi connectivity index (χ1n) is 8.65. The van der Waals surface area contributed by atoms with E-state index in [1.54, 1.807) is 0 Å². The van der Waals surface area contributed by atoms with Gasteiger partial charge in [0, 0.05) is 6.54 Å². The Bertz CT molecular complexity index is 562. The van der Waals surface area contributed by atoms with E-state index >= 15 is 0 Å². The lowest BCUT2D eigenvalue weighted by atomic mass is 9.79. The van der Waals surface area contributed by atoms with Crippen molar-refractivity contribution in [2.24, 2.45) is 5.73 Å². The monoisotopic (exact) mass is 336 g/mol. The van der Waals surface area contributed by atoms with Crippen LogP contribution in [0.15, 0.2) is 0 Å². The summed E-state index contributed by atoms with van der Waals surface area (Å²) in [7, 11) is 0. The molecule has 2 aliphatic heterocycles. The molecule has 4 amide bonds. The van der Waals surface area contributed by atoms with Crippen LogP contribution >= 0.6 is 0 Å². The van der Waals surface area contributed by atoms with Crippen LogP contribution in [0.3, 0.4) is 0 Å². The van der Waals surface area contributed by atoms with E-state index in [-0.39, 0.29) is 24.1 Å². The highest BCUT2D eigenvalue weighted by molar-refractivity contribution is 6.00. The summed E-state index contributed by atoms with van der Waals surface area (Å²) in [6.07, 6.45) is 5.29. The second-order valence-electron chi connectivity index (χ2n) is 7.02. The van der Waals surface area contributed by atoms with Gasteiger partial charge in [0.25, 0.3) is 0 Å². The molecule has 2 saturated heterocycles. The van der Waals surface area contributed by atoms with Crippen molar-refractivity contribution in [3.8, 4) is 0 Å². The van der Waals surface area contributed by atoms with Gasteiger partial charge < -0.3 is 21.3 Å². The average Bonchev–Trinajstić information content (AvgIpc) is 3.01. The largest absolute Gasteiger partial charge is 0.368 e. The summed E-state index contributed by atoms with van der Waals surface area (Å²) in [5.74, 6) is -1.18. The van der Waals surface area contributed by atoms with Gasteiger partial charge in [-0.05, 0) is 25.7 Å². The molecule has 0 spiro atoms. The van der Waals surface area contributed by atoms with E-state index < -0.39 is 23.5 Å². The van der Waals surface area contributed by atoms with E-state index in [2.05, 4.69) is 10.6 Å². The fourth-order valence-electron chi connectivity index (χ4n) is 3.97. The number of likely N-dealkylation sites (tertiary alicyclic amines) is 1. The van der Waals surface area contributed by atoms with Crippen molar-refractivity contribution < 1.29 is 19.2 Å². The van der Waals surface area contributed by atoms with Gasteiger partial charge in [0.1, 0.15) is 17.6 Å². The van der Waals surface area contributed by atoms with Crippen LogP contribution in [-0.2, 0) is 19.2 Å². The summed E-state index contributed by atoms with van der Waals surface area (Å²) in [6.45, 7) is 0.490. The van der Waals surface area contributed by atoms with Crippen LogP contribution < -0.4 is 16.4 Å². The van der Waals surface area contributed by atoms with Crippen LogP contribution in [-0.4, -0.2) is 52.7 Å². The number of nitrogens with zero attached hydrogens (tertiary/aromatic N) is 1. The van der Waals surface area contributed by atoms with Crippen LogP contribution in [0.1, 0.15) is 51.4 Å². The van der Waals surface area contributed by atoms with Gasteiger partial charge in [0.2, 0.25) is 23.6 Å². The molecule has 0 aromatic heterocycles. The van der Waals surface area contributed by atoms with E-state index in [1.165, 1.54) is 4.90 Å². The number of hydrogen-bond donors (Lipinski definition) is 3. The molecule has 0 aromatic rings. The molecule has 2 heterocycles. The van der Waals surface area contributed by atoms with Crippen LogP contribution in [0, 0.1) is 0 Å². The standard InChI is InChI=1S/C16H24N4O4/c17-13(22)11-5-4-8-20(11)15(24)16(6-2-1-3-7-16)19-14(23)10-9-12(21)18-10/h10-11H,1-9H2,(H2,17,22)(H,18,21)(H,19,23)/t10-,11-/m0/s1. The Kier molecular flexibility index (Phi) is 4.47. The van der Waals surface area contributed by atoms with Crippen LogP contribution in [0.2, 0.25) is 0 Å². The van der Waals surface area contributed by atoms with Gasteiger partial charge in [-0.1, -0.05) is 19.3 Å². The zero-order valence-corrected chi connectivity index (χ0v) is 13.7. The highest BCUT2D eigenvalue weighted by Gasteiger charge is 2.48. The molecule has 4 N–H and O–H groups in total. The number of hydrogen-bond acceptors (Lipinski definition) is 4. The maximum Gasteiger partial charge on any atom is 0.249 e. The molecule has 3 aliphatic rings. The van der Waals surface area contributed by atoms with Crippen molar-refractivity contribution in [2.45, 2.75) is 69.0 Å². The van der Waals surface area contributed by atoms with Gasteiger partial charge in [-0.15, -0.1) is 0 Å². The first kappa shape index (κ1) is 16.7. The maximum absolute atomic E-state index is 13.2. The maximum atomic E-state index is 13.2. The Labute approximate surface area is 140 Å². The number of nitrogens with one attached hydrogen (secondary N) is 2. The zero-order chi connectivity index (χ0) is 17.3. The normalized spacial score (nSPS) is 28.7. The molecule has 1 aliphatic carbocycles. The topological polar surface area (TPSA) is 122 Å². The highest BCUT2D eigenvalue weighted by Crippen LogP contribution is 2.33. The van der Waals surface area contributed by atoms with Gasteiger partial charge in [-0.2, -0.15) is 0 Å². The Balaban J connectivity index is 1.77. The summed E-state index contributed by atoms with van der Waals surface area (Å²) < 4.78 is 0. The molecule has 8 nitrogen and oxygen atoms in total. The minimum Gasteiger partial charge on any atom is -0.368 e. The Morgan fingerprint density at radius 3 is 2.42 bits per heavy atom. The van der Waals surface area contributed by atoms with Crippen molar-refractivity contribution >= 4 is 23.6 Å². The number of rotatable bonds is 4. The second-order valence-corrected chi connectivity index (χ2v) is 7.02. The molecule has 2 atom stereocenters. The van der Waals surface area contributed by atoms with Gasteiger partial charge >= 0.3 is 0 Å². The summed E-state index contributed by atoms with van der Waals surface area (Å²) >= 11 is 0. The molecule has 0 radical (unpaired) electrons.